The third kappa shape index (κ3) is 2.41. The van der Waals surface area contributed by atoms with Gasteiger partial charge in [0.05, 0.1) is 26.1 Å². The average molecular weight is 360 g/mol. The van der Waals surface area contributed by atoms with Crippen molar-refractivity contribution in [1.29, 1.82) is 0 Å². The van der Waals surface area contributed by atoms with Crippen LogP contribution in [0.1, 0.15) is 31.9 Å². The molecule has 2 fully saturated rings. The second-order valence-corrected chi connectivity index (χ2v) is 6.64. The highest BCUT2D eigenvalue weighted by Gasteiger charge is 2.67. The predicted molar refractivity (Wildman–Crippen MR) is 93.3 cm³/mol. The van der Waals surface area contributed by atoms with E-state index in [1.54, 1.807) is 26.2 Å². The summed E-state index contributed by atoms with van der Waals surface area (Å²) in [5.74, 6) is -1.75. The lowest BCUT2D eigenvalue weighted by Crippen LogP contribution is -2.55. The summed E-state index contributed by atoms with van der Waals surface area (Å²) in [4.78, 5) is 39.8. The molecule has 140 valence electrons. The third-order valence-corrected chi connectivity index (χ3v) is 5.64. The quantitative estimate of drug-likeness (QED) is 0.629. The molecular formula is C19H24N2O5. The standard InChI is InChI=1S/C19H24N2O5/c1-5-19(18(24)26-4)14-13(16(22)21(6-2)17(14)23)15(20-19)11-7-9-12(25-3)10-8-11/h7-10,13-15,20H,5-6H2,1-4H3/t13-,14+,15-,19-/m0/s1. The topological polar surface area (TPSA) is 84.9 Å². The Morgan fingerprint density at radius 2 is 1.81 bits per heavy atom. The lowest BCUT2D eigenvalue weighted by molar-refractivity contribution is -0.154. The molecule has 26 heavy (non-hydrogen) atoms. The normalized spacial score (nSPS) is 30.5. The van der Waals surface area contributed by atoms with Crippen LogP contribution in [0.3, 0.4) is 0 Å². The van der Waals surface area contributed by atoms with E-state index in [-0.39, 0.29) is 11.8 Å². The largest absolute Gasteiger partial charge is 0.497 e. The van der Waals surface area contributed by atoms with Gasteiger partial charge in [0.1, 0.15) is 11.3 Å². The van der Waals surface area contributed by atoms with E-state index in [1.807, 2.05) is 19.1 Å². The number of carbonyl (C=O) groups excluding carboxylic acids is 3. The predicted octanol–water partition coefficient (Wildman–Crippen LogP) is 1.28. The molecule has 1 N–H and O–H groups in total. The zero-order chi connectivity index (χ0) is 19.1. The van der Waals surface area contributed by atoms with Crippen LogP contribution in [0.15, 0.2) is 24.3 Å². The summed E-state index contributed by atoms with van der Waals surface area (Å²) in [6.07, 6.45) is 0.351. The molecule has 2 heterocycles. The zero-order valence-electron chi connectivity index (χ0n) is 15.4. The highest BCUT2D eigenvalue weighted by molar-refractivity contribution is 6.09. The molecule has 4 atom stereocenters. The number of methoxy groups -OCH3 is 2. The molecule has 0 unspecified atom stereocenters. The summed E-state index contributed by atoms with van der Waals surface area (Å²) in [6, 6.07) is 6.86. The molecule has 1 aromatic carbocycles. The smallest absolute Gasteiger partial charge is 0.326 e. The van der Waals surface area contributed by atoms with Crippen molar-refractivity contribution in [3.63, 3.8) is 0 Å². The van der Waals surface area contributed by atoms with Crippen LogP contribution in [0.2, 0.25) is 0 Å². The van der Waals surface area contributed by atoms with Gasteiger partial charge in [-0.15, -0.1) is 0 Å². The van der Waals surface area contributed by atoms with Gasteiger partial charge >= 0.3 is 5.97 Å². The molecule has 2 amide bonds. The highest BCUT2D eigenvalue weighted by Crippen LogP contribution is 2.50. The van der Waals surface area contributed by atoms with Crippen LogP contribution in [0.4, 0.5) is 0 Å². The fourth-order valence-electron chi connectivity index (χ4n) is 4.31. The molecule has 7 heteroatoms. The van der Waals surface area contributed by atoms with Crippen LogP contribution < -0.4 is 10.1 Å². The van der Waals surface area contributed by atoms with Gasteiger partial charge in [0.15, 0.2) is 0 Å². The Bertz CT molecular complexity index is 732. The first-order chi connectivity index (χ1) is 12.4. The summed E-state index contributed by atoms with van der Waals surface area (Å²) in [5.41, 5.74) is -0.375. The van der Waals surface area contributed by atoms with Gasteiger partial charge in [0.2, 0.25) is 11.8 Å². The summed E-state index contributed by atoms with van der Waals surface area (Å²) in [7, 11) is 2.88. The van der Waals surface area contributed by atoms with Gasteiger partial charge in [0.25, 0.3) is 0 Å². The Labute approximate surface area is 152 Å². The molecule has 2 aliphatic rings. The summed E-state index contributed by atoms with van der Waals surface area (Å²) in [6.45, 7) is 3.88. The number of ether oxygens (including phenoxy) is 2. The summed E-state index contributed by atoms with van der Waals surface area (Å²) >= 11 is 0. The maximum absolute atomic E-state index is 12.9. The van der Waals surface area contributed by atoms with Gasteiger partial charge in [-0.05, 0) is 31.0 Å². The summed E-state index contributed by atoms with van der Waals surface area (Å²) < 4.78 is 10.2. The van der Waals surface area contributed by atoms with Gasteiger partial charge in [0, 0.05) is 12.6 Å². The molecule has 3 rings (SSSR count). The molecule has 1 aromatic rings. The Morgan fingerprint density at radius 1 is 1.15 bits per heavy atom. The van der Waals surface area contributed by atoms with Crippen molar-refractivity contribution in [3.05, 3.63) is 29.8 Å². The van der Waals surface area contributed by atoms with Crippen LogP contribution in [0.25, 0.3) is 0 Å². The molecule has 0 radical (unpaired) electrons. The molecule has 2 aliphatic heterocycles. The number of nitrogens with zero attached hydrogens (tertiary/aromatic N) is 1. The number of carbonyl (C=O) groups is 3. The molecule has 0 bridgehead atoms. The van der Waals surface area contributed by atoms with Crippen molar-refractivity contribution in [2.75, 3.05) is 20.8 Å². The number of hydrogen-bond donors (Lipinski definition) is 1. The van der Waals surface area contributed by atoms with Crippen molar-refractivity contribution < 1.29 is 23.9 Å². The summed E-state index contributed by atoms with van der Waals surface area (Å²) in [5, 5.41) is 3.28. The molecule has 0 saturated carbocycles. The van der Waals surface area contributed by atoms with Crippen molar-refractivity contribution in [3.8, 4) is 5.75 Å². The lowest BCUT2D eigenvalue weighted by atomic mass is 9.78. The number of rotatable bonds is 5. The van der Waals surface area contributed by atoms with E-state index in [1.165, 1.54) is 12.0 Å². The lowest BCUT2D eigenvalue weighted by Gasteiger charge is -2.31. The van der Waals surface area contributed by atoms with Crippen LogP contribution in [-0.4, -0.2) is 49.0 Å². The first kappa shape index (κ1) is 18.4. The Morgan fingerprint density at radius 3 is 2.31 bits per heavy atom. The van der Waals surface area contributed by atoms with Crippen molar-refractivity contribution in [2.45, 2.75) is 31.8 Å². The van der Waals surface area contributed by atoms with Crippen LogP contribution in [-0.2, 0) is 19.1 Å². The first-order valence-electron chi connectivity index (χ1n) is 8.80. The van der Waals surface area contributed by atoms with E-state index >= 15 is 0 Å². The van der Waals surface area contributed by atoms with Gasteiger partial charge < -0.3 is 9.47 Å². The second-order valence-electron chi connectivity index (χ2n) is 6.64. The van der Waals surface area contributed by atoms with Gasteiger partial charge in [-0.1, -0.05) is 19.1 Å². The average Bonchev–Trinajstić information content (AvgIpc) is 3.15. The number of imide groups is 1. The number of esters is 1. The Kier molecular flexibility index (Phi) is 4.75. The molecule has 0 spiro atoms. The SMILES string of the molecule is CCN1C(=O)[C@@H]2[C@H](c3ccc(OC)cc3)N[C@](CC)(C(=O)OC)[C@H]2C1=O. The molecule has 2 saturated heterocycles. The number of nitrogens with one attached hydrogen (secondary N) is 1. The van der Waals surface area contributed by atoms with Crippen LogP contribution in [0, 0.1) is 11.8 Å². The van der Waals surface area contributed by atoms with Crippen molar-refractivity contribution >= 4 is 17.8 Å². The fourth-order valence-corrected chi connectivity index (χ4v) is 4.31. The number of benzene rings is 1. The van der Waals surface area contributed by atoms with Gasteiger partial charge in [-0.3, -0.25) is 24.6 Å². The maximum atomic E-state index is 12.9. The van der Waals surface area contributed by atoms with E-state index in [4.69, 9.17) is 9.47 Å². The van der Waals surface area contributed by atoms with Gasteiger partial charge in [-0.25, -0.2) is 0 Å². The van der Waals surface area contributed by atoms with Crippen LogP contribution in [0.5, 0.6) is 5.75 Å². The van der Waals surface area contributed by atoms with E-state index < -0.39 is 29.4 Å². The minimum absolute atomic E-state index is 0.241. The monoisotopic (exact) mass is 360 g/mol. The van der Waals surface area contributed by atoms with Crippen molar-refractivity contribution in [2.24, 2.45) is 11.8 Å². The molecule has 0 aromatic heterocycles. The molecule has 7 nitrogen and oxygen atoms in total. The first-order valence-corrected chi connectivity index (χ1v) is 8.80. The fraction of sp³-hybridized carbons (Fsp3) is 0.526. The van der Waals surface area contributed by atoms with E-state index in [0.717, 1.165) is 5.56 Å². The van der Waals surface area contributed by atoms with E-state index in [0.29, 0.717) is 18.7 Å². The maximum Gasteiger partial charge on any atom is 0.326 e. The number of hydrogen-bond acceptors (Lipinski definition) is 6. The minimum atomic E-state index is -1.21. The minimum Gasteiger partial charge on any atom is -0.497 e. The Balaban J connectivity index is 2.10. The van der Waals surface area contributed by atoms with Gasteiger partial charge in [-0.2, -0.15) is 0 Å². The van der Waals surface area contributed by atoms with Crippen LogP contribution >= 0.6 is 0 Å². The van der Waals surface area contributed by atoms with E-state index in [9.17, 15) is 14.4 Å². The number of likely N-dealkylation sites (tertiary alicyclic amines) is 1. The zero-order valence-corrected chi connectivity index (χ0v) is 15.4. The van der Waals surface area contributed by atoms with E-state index in [2.05, 4.69) is 5.32 Å². The highest BCUT2D eigenvalue weighted by atomic mass is 16.5. The third-order valence-electron chi connectivity index (χ3n) is 5.64. The second kappa shape index (κ2) is 6.72. The molecular weight excluding hydrogens is 336 g/mol. The number of amides is 2. The van der Waals surface area contributed by atoms with Crippen molar-refractivity contribution in [1.82, 2.24) is 10.2 Å². The number of fused-ring (bicyclic) bond motifs is 1. The Hall–Kier alpha value is -2.41. The molecule has 0 aliphatic carbocycles.